The summed E-state index contributed by atoms with van der Waals surface area (Å²) in [5.74, 6) is -1.01. The van der Waals surface area contributed by atoms with Crippen LogP contribution in [0.5, 0.6) is 0 Å². The van der Waals surface area contributed by atoms with Gasteiger partial charge in [0.2, 0.25) is 10.0 Å². The number of carboxylic acid groups (broad SMARTS) is 1. The van der Waals surface area contributed by atoms with Crippen molar-refractivity contribution in [3.63, 3.8) is 0 Å². The molecular formula is C10H11NO4S. The van der Waals surface area contributed by atoms with Gasteiger partial charge in [0.25, 0.3) is 0 Å². The first-order valence-electron chi connectivity index (χ1n) is 4.73. The highest BCUT2D eigenvalue weighted by atomic mass is 32.2. The average Bonchev–Trinajstić information content (AvgIpc) is 2.41. The summed E-state index contributed by atoms with van der Waals surface area (Å²) in [6.07, 6.45) is -0.216. The molecule has 0 spiro atoms. The van der Waals surface area contributed by atoms with E-state index in [1.165, 1.54) is 13.1 Å². The van der Waals surface area contributed by atoms with Crippen LogP contribution in [-0.4, -0.2) is 30.8 Å². The second kappa shape index (κ2) is 3.57. The summed E-state index contributed by atoms with van der Waals surface area (Å²) in [7, 11) is -2.10. The molecule has 1 aromatic rings. The highest BCUT2D eigenvalue weighted by molar-refractivity contribution is 7.89. The van der Waals surface area contributed by atoms with Gasteiger partial charge in [0.15, 0.2) is 0 Å². The third-order valence-electron chi connectivity index (χ3n) is 2.74. The molecule has 0 aliphatic carbocycles. The van der Waals surface area contributed by atoms with Crippen molar-refractivity contribution in [2.24, 2.45) is 0 Å². The summed E-state index contributed by atoms with van der Waals surface area (Å²) in [6, 6.07) is 5.90. The van der Waals surface area contributed by atoms with Crippen LogP contribution in [0.3, 0.4) is 0 Å². The standard InChI is InChI=1S/C10H11NO4S/c1-11-8(6-10(12)13)7-4-2-3-5-9(7)16(11,14)15/h2-5,8H,6H2,1H3,(H,12,13). The Labute approximate surface area is 93.4 Å². The second-order valence-electron chi connectivity index (χ2n) is 3.67. The summed E-state index contributed by atoms with van der Waals surface area (Å²) >= 11 is 0. The highest BCUT2D eigenvalue weighted by Crippen LogP contribution is 2.39. The second-order valence-corrected chi connectivity index (χ2v) is 5.64. The van der Waals surface area contributed by atoms with E-state index in [-0.39, 0.29) is 11.3 Å². The molecule has 5 nitrogen and oxygen atoms in total. The SMILES string of the molecule is CN1C(CC(=O)O)c2ccccc2S1(=O)=O. The fraction of sp³-hybridized carbons (Fsp3) is 0.300. The lowest BCUT2D eigenvalue weighted by molar-refractivity contribution is -0.138. The first-order valence-corrected chi connectivity index (χ1v) is 6.17. The van der Waals surface area contributed by atoms with Crippen molar-refractivity contribution in [1.82, 2.24) is 4.31 Å². The Morgan fingerprint density at radius 1 is 1.44 bits per heavy atom. The molecule has 1 aromatic carbocycles. The molecular weight excluding hydrogens is 230 g/mol. The molecule has 0 aromatic heterocycles. The van der Waals surface area contributed by atoms with Gasteiger partial charge >= 0.3 is 5.97 Å². The van der Waals surface area contributed by atoms with Gasteiger partial charge in [-0.3, -0.25) is 4.79 Å². The van der Waals surface area contributed by atoms with Gasteiger partial charge in [-0.1, -0.05) is 18.2 Å². The number of carboxylic acids is 1. The number of carbonyl (C=O) groups is 1. The molecule has 1 heterocycles. The topological polar surface area (TPSA) is 74.7 Å². The summed E-state index contributed by atoms with van der Waals surface area (Å²) in [5.41, 5.74) is 0.562. The number of fused-ring (bicyclic) bond motifs is 1. The zero-order valence-electron chi connectivity index (χ0n) is 8.62. The molecule has 1 unspecified atom stereocenters. The molecule has 1 N–H and O–H groups in total. The van der Waals surface area contributed by atoms with Crippen molar-refractivity contribution < 1.29 is 18.3 Å². The van der Waals surface area contributed by atoms with E-state index in [9.17, 15) is 13.2 Å². The maximum atomic E-state index is 11.9. The number of sulfonamides is 1. The van der Waals surface area contributed by atoms with E-state index in [0.29, 0.717) is 5.56 Å². The normalized spacial score (nSPS) is 22.9. The minimum atomic E-state index is -3.51. The van der Waals surface area contributed by atoms with Crippen LogP contribution >= 0.6 is 0 Å². The Morgan fingerprint density at radius 2 is 2.06 bits per heavy atom. The number of hydrogen-bond acceptors (Lipinski definition) is 3. The predicted octanol–water partition coefficient (Wildman–Crippen LogP) is 0.837. The van der Waals surface area contributed by atoms with Crippen molar-refractivity contribution in [3.8, 4) is 0 Å². The van der Waals surface area contributed by atoms with E-state index in [0.717, 1.165) is 4.31 Å². The van der Waals surface area contributed by atoms with Crippen molar-refractivity contribution >= 4 is 16.0 Å². The molecule has 86 valence electrons. The zero-order chi connectivity index (χ0) is 11.9. The van der Waals surface area contributed by atoms with Crippen LogP contribution in [0.4, 0.5) is 0 Å². The number of nitrogens with zero attached hydrogens (tertiary/aromatic N) is 1. The molecule has 0 radical (unpaired) electrons. The number of benzene rings is 1. The van der Waals surface area contributed by atoms with Crippen LogP contribution in [0.1, 0.15) is 18.0 Å². The average molecular weight is 241 g/mol. The molecule has 0 fully saturated rings. The monoisotopic (exact) mass is 241 g/mol. The fourth-order valence-electron chi connectivity index (χ4n) is 1.91. The van der Waals surface area contributed by atoms with Crippen molar-refractivity contribution in [1.29, 1.82) is 0 Å². The predicted molar refractivity (Wildman–Crippen MR) is 56.4 cm³/mol. The van der Waals surface area contributed by atoms with Gasteiger partial charge in [0, 0.05) is 7.05 Å². The largest absolute Gasteiger partial charge is 0.481 e. The number of aliphatic carboxylic acids is 1. The summed E-state index contributed by atoms with van der Waals surface area (Å²) in [4.78, 5) is 10.9. The lowest BCUT2D eigenvalue weighted by Gasteiger charge is -2.16. The first-order chi connectivity index (χ1) is 7.44. The lowest BCUT2D eigenvalue weighted by atomic mass is 10.0. The van der Waals surface area contributed by atoms with Crippen LogP contribution in [-0.2, 0) is 14.8 Å². The van der Waals surface area contributed by atoms with E-state index < -0.39 is 22.0 Å². The van der Waals surface area contributed by atoms with Gasteiger partial charge in [-0.15, -0.1) is 0 Å². The van der Waals surface area contributed by atoms with Crippen LogP contribution in [0.25, 0.3) is 0 Å². The molecule has 16 heavy (non-hydrogen) atoms. The minimum absolute atomic E-state index is 0.212. The van der Waals surface area contributed by atoms with Crippen LogP contribution in [0, 0.1) is 0 Å². The van der Waals surface area contributed by atoms with Gasteiger partial charge in [0.1, 0.15) is 0 Å². The van der Waals surface area contributed by atoms with Crippen molar-refractivity contribution in [2.75, 3.05) is 7.05 Å². The zero-order valence-corrected chi connectivity index (χ0v) is 9.44. The Hall–Kier alpha value is -1.40. The van der Waals surface area contributed by atoms with Gasteiger partial charge in [0.05, 0.1) is 17.4 Å². The van der Waals surface area contributed by atoms with Crippen LogP contribution in [0.15, 0.2) is 29.2 Å². The molecule has 0 saturated heterocycles. The summed E-state index contributed by atoms with van der Waals surface area (Å²) in [6.45, 7) is 0. The molecule has 1 aliphatic heterocycles. The molecule has 1 atom stereocenters. The van der Waals surface area contributed by atoms with E-state index in [1.807, 2.05) is 0 Å². The molecule has 2 rings (SSSR count). The van der Waals surface area contributed by atoms with E-state index in [4.69, 9.17) is 5.11 Å². The van der Waals surface area contributed by atoms with Gasteiger partial charge in [-0.2, -0.15) is 4.31 Å². The summed E-state index contributed by atoms with van der Waals surface area (Å²) < 4.78 is 24.9. The quantitative estimate of drug-likeness (QED) is 0.832. The van der Waals surface area contributed by atoms with Gasteiger partial charge in [-0.25, -0.2) is 8.42 Å². The maximum absolute atomic E-state index is 11.9. The summed E-state index contributed by atoms with van der Waals surface area (Å²) in [5, 5.41) is 8.77. The Bertz CT molecular complexity index is 538. The molecule has 6 heteroatoms. The smallest absolute Gasteiger partial charge is 0.305 e. The fourth-order valence-corrected chi connectivity index (χ4v) is 3.50. The number of hydrogen-bond donors (Lipinski definition) is 1. The molecule has 0 bridgehead atoms. The highest BCUT2D eigenvalue weighted by Gasteiger charge is 2.40. The van der Waals surface area contributed by atoms with Crippen molar-refractivity contribution in [2.45, 2.75) is 17.4 Å². The molecule has 1 aliphatic rings. The number of rotatable bonds is 2. The third-order valence-corrected chi connectivity index (χ3v) is 4.68. The van der Waals surface area contributed by atoms with Gasteiger partial charge < -0.3 is 5.11 Å². The Kier molecular flexibility index (Phi) is 2.47. The van der Waals surface area contributed by atoms with Crippen molar-refractivity contribution in [3.05, 3.63) is 29.8 Å². The van der Waals surface area contributed by atoms with Crippen LogP contribution < -0.4 is 0 Å². The Morgan fingerprint density at radius 3 is 2.69 bits per heavy atom. The first kappa shape index (κ1) is 11.1. The van der Waals surface area contributed by atoms with Crippen LogP contribution in [0.2, 0.25) is 0 Å². The maximum Gasteiger partial charge on any atom is 0.305 e. The Balaban J connectivity index is 2.56. The minimum Gasteiger partial charge on any atom is -0.481 e. The lowest BCUT2D eigenvalue weighted by Crippen LogP contribution is -2.25. The van der Waals surface area contributed by atoms with Gasteiger partial charge in [-0.05, 0) is 11.6 Å². The van der Waals surface area contributed by atoms with E-state index in [2.05, 4.69) is 0 Å². The molecule has 0 saturated carbocycles. The van der Waals surface area contributed by atoms with E-state index in [1.54, 1.807) is 18.2 Å². The molecule has 0 amide bonds. The van der Waals surface area contributed by atoms with E-state index >= 15 is 0 Å². The third kappa shape index (κ3) is 1.50.